The molecule has 2 N–H and O–H groups in total. The first kappa shape index (κ1) is 22.7. The number of nitrogens with two attached hydrogens (primary N) is 1. The molecule has 1 unspecified atom stereocenters. The molecule has 0 aliphatic heterocycles. The maximum atomic E-state index is 14.4. The van der Waals surface area contributed by atoms with Crippen molar-refractivity contribution < 1.29 is 23.0 Å². The number of aromatic nitrogens is 2. The van der Waals surface area contributed by atoms with E-state index in [0.29, 0.717) is 17.7 Å². The minimum atomic E-state index is -0.948. The molecular formula is C22H22ClF2N3O3. The van der Waals surface area contributed by atoms with Crippen LogP contribution < -0.4 is 10.5 Å². The molecule has 0 fully saturated rings. The Labute approximate surface area is 183 Å². The maximum Gasteiger partial charge on any atom is 0.405 e. The fourth-order valence-corrected chi connectivity index (χ4v) is 3.77. The van der Waals surface area contributed by atoms with E-state index in [0.717, 1.165) is 12.1 Å². The van der Waals surface area contributed by atoms with Crippen LogP contribution in [0.4, 0.5) is 13.6 Å². The highest BCUT2D eigenvalue weighted by Gasteiger charge is 2.31. The van der Waals surface area contributed by atoms with Crippen LogP contribution in [0, 0.1) is 17.6 Å². The number of pyridine rings is 2. The monoisotopic (exact) mass is 449 g/mol. The minimum Gasteiger partial charge on any atom is -0.486 e. The van der Waals surface area contributed by atoms with E-state index >= 15 is 0 Å². The van der Waals surface area contributed by atoms with Crippen LogP contribution in [0.3, 0.4) is 0 Å². The molecule has 0 aliphatic carbocycles. The van der Waals surface area contributed by atoms with Crippen molar-refractivity contribution in [2.75, 3.05) is 6.61 Å². The molecule has 1 atom stereocenters. The molecule has 1 amide bonds. The molecule has 0 spiro atoms. The second-order valence-corrected chi connectivity index (χ2v) is 8.24. The van der Waals surface area contributed by atoms with E-state index in [4.69, 9.17) is 26.8 Å². The number of carbonyl (C=O) groups is 1. The predicted molar refractivity (Wildman–Crippen MR) is 114 cm³/mol. The van der Waals surface area contributed by atoms with Gasteiger partial charge in [-0.25, -0.2) is 18.6 Å². The summed E-state index contributed by atoms with van der Waals surface area (Å²) in [5.74, 6) is -0.974. The van der Waals surface area contributed by atoms with E-state index in [2.05, 4.69) is 9.97 Å². The Hall–Kier alpha value is -3.00. The number of nitrogens with zero attached hydrogens (tertiary/aromatic N) is 2. The Morgan fingerprint density at radius 1 is 1.26 bits per heavy atom. The molecule has 2 heterocycles. The van der Waals surface area contributed by atoms with Crippen LogP contribution in [0.5, 0.6) is 5.75 Å². The van der Waals surface area contributed by atoms with Gasteiger partial charge in [-0.2, -0.15) is 0 Å². The standard InChI is InChI=1S/C22H22ClF2N3O3/c1-12(2)10-22(3,31-21(26)29)11-30-18-5-4-16(28-20(18)23)14-6-7-27-17-9-13(24)8-15(25)19(14)17/h4-9,12H,10-11H2,1-3H3,(H2,26,29). The third-order valence-electron chi connectivity index (χ3n) is 4.57. The van der Waals surface area contributed by atoms with Crippen LogP contribution in [0.1, 0.15) is 27.2 Å². The molecule has 9 heteroatoms. The van der Waals surface area contributed by atoms with Gasteiger partial charge in [0.2, 0.25) is 0 Å². The van der Waals surface area contributed by atoms with Crippen LogP contribution in [0.15, 0.2) is 36.5 Å². The van der Waals surface area contributed by atoms with Crippen molar-refractivity contribution in [2.45, 2.75) is 32.8 Å². The molecule has 0 radical (unpaired) electrons. The summed E-state index contributed by atoms with van der Waals surface area (Å²) in [5, 5.41) is 0.177. The Kier molecular flexibility index (Phi) is 6.59. The van der Waals surface area contributed by atoms with Crippen LogP contribution in [-0.2, 0) is 4.74 Å². The lowest BCUT2D eigenvalue weighted by Crippen LogP contribution is -2.41. The van der Waals surface area contributed by atoms with Gasteiger partial charge < -0.3 is 15.2 Å². The zero-order valence-corrected chi connectivity index (χ0v) is 18.0. The second kappa shape index (κ2) is 9.01. The first-order valence-electron chi connectivity index (χ1n) is 9.60. The second-order valence-electron chi connectivity index (χ2n) is 7.88. The topological polar surface area (TPSA) is 87.3 Å². The summed E-state index contributed by atoms with van der Waals surface area (Å²) < 4.78 is 38.9. The Morgan fingerprint density at radius 3 is 2.65 bits per heavy atom. The van der Waals surface area contributed by atoms with Crippen LogP contribution >= 0.6 is 11.6 Å². The van der Waals surface area contributed by atoms with Gasteiger partial charge in [-0.3, -0.25) is 4.98 Å². The summed E-state index contributed by atoms with van der Waals surface area (Å²) in [6.07, 6.45) is 1.07. The van der Waals surface area contributed by atoms with E-state index in [-0.39, 0.29) is 34.3 Å². The lowest BCUT2D eigenvalue weighted by molar-refractivity contribution is -0.0186. The molecule has 0 saturated heterocycles. The van der Waals surface area contributed by atoms with Gasteiger partial charge in [0.15, 0.2) is 10.9 Å². The number of hydrogen-bond acceptors (Lipinski definition) is 5. The molecule has 31 heavy (non-hydrogen) atoms. The highest BCUT2D eigenvalue weighted by Crippen LogP contribution is 2.33. The summed E-state index contributed by atoms with van der Waals surface area (Å²) in [7, 11) is 0. The third kappa shape index (κ3) is 5.38. The average molecular weight is 450 g/mol. The number of carbonyl (C=O) groups excluding carboxylic acids is 1. The molecule has 0 aliphatic rings. The smallest absolute Gasteiger partial charge is 0.405 e. The molecule has 0 saturated carbocycles. The fourth-order valence-electron chi connectivity index (χ4n) is 3.56. The Morgan fingerprint density at radius 2 is 2.00 bits per heavy atom. The van der Waals surface area contributed by atoms with Crippen LogP contribution in [-0.4, -0.2) is 28.3 Å². The number of ether oxygens (including phenoxy) is 2. The first-order valence-corrected chi connectivity index (χ1v) is 9.98. The molecule has 6 nitrogen and oxygen atoms in total. The van der Waals surface area contributed by atoms with Gasteiger partial charge in [0.05, 0.1) is 11.2 Å². The zero-order chi connectivity index (χ0) is 22.8. The van der Waals surface area contributed by atoms with E-state index in [1.165, 1.54) is 6.20 Å². The van der Waals surface area contributed by atoms with Crippen LogP contribution in [0.2, 0.25) is 5.15 Å². The number of fused-ring (bicyclic) bond motifs is 1. The molecule has 164 valence electrons. The van der Waals surface area contributed by atoms with Gasteiger partial charge >= 0.3 is 6.09 Å². The van der Waals surface area contributed by atoms with Crippen molar-refractivity contribution in [3.63, 3.8) is 0 Å². The molecular weight excluding hydrogens is 428 g/mol. The highest BCUT2D eigenvalue weighted by molar-refractivity contribution is 6.31. The van der Waals surface area contributed by atoms with Crippen molar-refractivity contribution in [2.24, 2.45) is 11.7 Å². The van der Waals surface area contributed by atoms with Crippen molar-refractivity contribution >= 4 is 28.6 Å². The highest BCUT2D eigenvalue weighted by atomic mass is 35.5. The summed E-state index contributed by atoms with van der Waals surface area (Å²) >= 11 is 6.30. The van der Waals surface area contributed by atoms with E-state index in [1.54, 1.807) is 25.1 Å². The number of hydrogen-bond donors (Lipinski definition) is 1. The van der Waals surface area contributed by atoms with Gasteiger partial charge in [0.25, 0.3) is 0 Å². The maximum absolute atomic E-state index is 14.4. The predicted octanol–water partition coefficient (Wildman–Crippen LogP) is 5.51. The number of amides is 1. The van der Waals surface area contributed by atoms with Crippen molar-refractivity contribution in [1.82, 2.24) is 9.97 Å². The lowest BCUT2D eigenvalue weighted by Gasteiger charge is -2.30. The largest absolute Gasteiger partial charge is 0.486 e. The Bertz CT molecular complexity index is 1130. The molecule has 0 bridgehead atoms. The number of rotatable bonds is 7. The van der Waals surface area contributed by atoms with Crippen molar-refractivity contribution in [3.05, 3.63) is 53.3 Å². The molecule has 1 aromatic carbocycles. The SMILES string of the molecule is CC(C)CC(C)(COc1ccc(-c2ccnc3cc(F)cc(F)c23)nc1Cl)OC(N)=O. The van der Waals surface area contributed by atoms with Gasteiger partial charge in [0.1, 0.15) is 23.8 Å². The van der Waals surface area contributed by atoms with Gasteiger partial charge in [-0.1, -0.05) is 25.4 Å². The first-order chi connectivity index (χ1) is 14.6. The Balaban J connectivity index is 1.89. The molecule has 2 aromatic heterocycles. The summed E-state index contributed by atoms with van der Waals surface area (Å²) in [6.45, 7) is 5.70. The minimum absolute atomic E-state index is 0.0148. The molecule has 3 aromatic rings. The van der Waals surface area contributed by atoms with Gasteiger partial charge in [0, 0.05) is 29.3 Å². The number of halogens is 3. The lowest BCUT2D eigenvalue weighted by atomic mass is 9.95. The van der Waals surface area contributed by atoms with Gasteiger partial charge in [-0.15, -0.1) is 0 Å². The summed E-state index contributed by atoms with van der Waals surface area (Å²) in [4.78, 5) is 19.6. The average Bonchev–Trinajstić information content (AvgIpc) is 2.65. The normalized spacial score (nSPS) is 13.3. The van der Waals surface area contributed by atoms with E-state index in [1.807, 2.05) is 13.8 Å². The van der Waals surface area contributed by atoms with Crippen LogP contribution in [0.25, 0.3) is 22.2 Å². The van der Waals surface area contributed by atoms with E-state index in [9.17, 15) is 13.6 Å². The van der Waals surface area contributed by atoms with E-state index < -0.39 is 23.3 Å². The fraction of sp³-hybridized carbons (Fsp3) is 0.318. The molecule has 3 rings (SSSR count). The van der Waals surface area contributed by atoms with Crippen molar-refractivity contribution in [3.8, 4) is 17.0 Å². The number of primary amides is 1. The summed E-state index contributed by atoms with van der Waals surface area (Å²) in [5.41, 5.74) is 5.19. The zero-order valence-electron chi connectivity index (χ0n) is 17.3. The van der Waals surface area contributed by atoms with Gasteiger partial charge in [-0.05, 0) is 37.5 Å². The third-order valence-corrected chi connectivity index (χ3v) is 4.84. The quantitative estimate of drug-likeness (QED) is 0.481. The number of benzene rings is 1. The van der Waals surface area contributed by atoms with Crippen molar-refractivity contribution in [1.29, 1.82) is 0 Å². The summed E-state index contributed by atoms with van der Waals surface area (Å²) in [6, 6.07) is 6.70.